The fraction of sp³-hybridized carbons (Fsp3) is 0. The van der Waals surface area contributed by atoms with Crippen LogP contribution in [0.2, 0.25) is 0 Å². The lowest BCUT2D eigenvalue weighted by molar-refractivity contribution is 1.18. The van der Waals surface area contributed by atoms with Crippen LogP contribution in [0.1, 0.15) is 0 Å². The van der Waals surface area contributed by atoms with Gasteiger partial charge in [0.25, 0.3) is 0 Å². The molecule has 0 aliphatic carbocycles. The molecule has 11 aromatic carbocycles. The number of thiophene rings is 1. The molecular weight excluding hydrogens is 853 g/mol. The van der Waals surface area contributed by atoms with Crippen LogP contribution in [0.4, 0.5) is 17.1 Å². The number of nitrogens with zero attached hydrogens (tertiary/aromatic N) is 2. The topological polar surface area (TPSA) is 8.17 Å². The largest absolute Gasteiger partial charge is 0.310 e. The van der Waals surface area contributed by atoms with Gasteiger partial charge in [-0.3, -0.25) is 0 Å². The second-order valence-corrected chi connectivity index (χ2v) is 18.8. The fourth-order valence-corrected chi connectivity index (χ4v) is 11.3. The van der Waals surface area contributed by atoms with Crippen LogP contribution in [0.15, 0.2) is 267 Å². The number of fused-ring (bicyclic) bond motifs is 6. The van der Waals surface area contributed by atoms with Gasteiger partial charge in [-0.25, -0.2) is 0 Å². The standard InChI is InChI=1S/C66H44N2S/c1-4-15-45(16-5-1)47-27-29-49(30-28-47)61-42-50(51-34-39-59-58-23-10-12-25-63(58)68(64(59)43-51)53-20-8-3-9-21-53)33-38-57(61)52-19-14-22-55(41-52)67(54-35-31-48(32-36-54)46-17-6-2-7-18-46)56-37-40-66-62(44-56)60-24-11-13-26-65(60)69-66/h1-44H. The molecule has 2 aromatic heterocycles. The third-order valence-corrected chi connectivity index (χ3v) is 14.8. The van der Waals surface area contributed by atoms with Crippen molar-refractivity contribution in [2.75, 3.05) is 4.90 Å². The maximum absolute atomic E-state index is 2.41. The van der Waals surface area contributed by atoms with Crippen LogP contribution in [0, 0.1) is 0 Å². The molecule has 324 valence electrons. The first-order valence-corrected chi connectivity index (χ1v) is 24.4. The summed E-state index contributed by atoms with van der Waals surface area (Å²) in [6.45, 7) is 0. The van der Waals surface area contributed by atoms with Crippen LogP contribution in [-0.2, 0) is 0 Å². The average Bonchev–Trinajstić information content (AvgIpc) is 3.97. The van der Waals surface area contributed by atoms with E-state index in [-0.39, 0.29) is 0 Å². The third kappa shape index (κ3) is 7.37. The average molecular weight is 897 g/mol. The molecule has 0 radical (unpaired) electrons. The minimum Gasteiger partial charge on any atom is -0.310 e. The number of anilines is 3. The van der Waals surface area contributed by atoms with Gasteiger partial charge in [0.1, 0.15) is 0 Å². The van der Waals surface area contributed by atoms with Crippen LogP contribution < -0.4 is 4.90 Å². The maximum atomic E-state index is 2.41. The highest BCUT2D eigenvalue weighted by molar-refractivity contribution is 7.25. The van der Waals surface area contributed by atoms with E-state index in [0.717, 1.165) is 28.3 Å². The van der Waals surface area contributed by atoms with Crippen molar-refractivity contribution >= 4 is 70.4 Å². The highest BCUT2D eigenvalue weighted by Gasteiger charge is 2.19. The molecular formula is C66H44N2S. The van der Waals surface area contributed by atoms with Gasteiger partial charge in [0.15, 0.2) is 0 Å². The summed E-state index contributed by atoms with van der Waals surface area (Å²) in [5.41, 5.74) is 18.7. The first-order valence-electron chi connectivity index (χ1n) is 23.6. The number of hydrogen-bond donors (Lipinski definition) is 0. The van der Waals surface area contributed by atoms with Gasteiger partial charge in [-0.1, -0.05) is 188 Å². The molecule has 0 fully saturated rings. The molecule has 0 saturated heterocycles. The Bertz CT molecular complexity index is 3980. The third-order valence-electron chi connectivity index (χ3n) is 13.6. The van der Waals surface area contributed by atoms with Gasteiger partial charge < -0.3 is 9.47 Å². The Morgan fingerprint density at radius 3 is 1.54 bits per heavy atom. The van der Waals surface area contributed by atoms with Crippen LogP contribution in [-0.4, -0.2) is 4.57 Å². The van der Waals surface area contributed by atoms with Gasteiger partial charge in [-0.05, 0) is 134 Å². The summed E-state index contributed by atoms with van der Waals surface area (Å²) in [7, 11) is 0. The molecule has 0 saturated carbocycles. The van der Waals surface area contributed by atoms with Gasteiger partial charge >= 0.3 is 0 Å². The molecule has 0 unspecified atom stereocenters. The molecule has 0 N–H and O–H groups in total. The van der Waals surface area contributed by atoms with Crippen molar-refractivity contribution in [3.63, 3.8) is 0 Å². The molecule has 13 rings (SSSR count). The summed E-state index contributed by atoms with van der Waals surface area (Å²) < 4.78 is 4.99. The summed E-state index contributed by atoms with van der Waals surface area (Å²) in [4.78, 5) is 2.41. The molecule has 0 spiro atoms. The Morgan fingerprint density at radius 2 is 0.783 bits per heavy atom. The van der Waals surface area contributed by atoms with E-state index in [1.54, 1.807) is 0 Å². The van der Waals surface area contributed by atoms with Gasteiger partial charge in [-0.15, -0.1) is 11.3 Å². The number of rotatable bonds is 9. The Balaban J connectivity index is 0.968. The van der Waals surface area contributed by atoms with Gasteiger partial charge in [-0.2, -0.15) is 0 Å². The predicted octanol–water partition coefficient (Wildman–Crippen LogP) is 19.0. The first-order chi connectivity index (χ1) is 34.2. The summed E-state index contributed by atoms with van der Waals surface area (Å²) in [5.74, 6) is 0. The lowest BCUT2D eigenvalue weighted by Gasteiger charge is -2.26. The Morgan fingerprint density at radius 1 is 0.261 bits per heavy atom. The van der Waals surface area contributed by atoms with Gasteiger partial charge in [0.05, 0.1) is 11.0 Å². The zero-order valence-electron chi connectivity index (χ0n) is 37.7. The molecule has 0 bridgehead atoms. The number of hydrogen-bond acceptors (Lipinski definition) is 2. The Kier molecular flexibility index (Phi) is 10.1. The zero-order chi connectivity index (χ0) is 45.7. The van der Waals surface area contributed by atoms with Crippen molar-refractivity contribution < 1.29 is 0 Å². The normalized spacial score (nSPS) is 11.5. The number of benzene rings is 11. The van der Waals surface area contributed by atoms with E-state index in [1.807, 2.05) is 11.3 Å². The van der Waals surface area contributed by atoms with E-state index in [9.17, 15) is 0 Å². The Labute approximate surface area is 405 Å². The molecule has 3 heteroatoms. The highest BCUT2D eigenvalue weighted by atomic mass is 32.1. The lowest BCUT2D eigenvalue weighted by Crippen LogP contribution is -2.10. The number of aromatic nitrogens is 1. The van der Waals surface area contributed by atoms with Gasteiger partial charge in [0, 0.05) is 53.7 Å². The summed E-state index contributed by atoms with van der Waals surface area (Å²) in [5, 5.41) is 5.06. The van der Waals surface area contributed by atoms with Crippen LogP contribution in [0.3, 0.4) is 0 Å². The van der Waals surface area contributed by atoms with Crippen LogP contribution in [0.5, 0.6) is 0 Å². The van der Waals surface area contributed by atoms with E-state index in [1.165, 1.54) is 92.0 Å². The first kappa shape index (κ1) is 40.5. The quantitative estimate of drug-likeness (QED) is 0.140. The lowest BCUT2D eigenvalue weighted by atomic mass is 9.90. The molecule has 0 aliphatic rings. The summed E-state index contributed by atoms with van der Waals surface area (Å²) >= 11 is 1.85. The van der Waals surface area contributed by atoms with Crippen LogP contribution >= 0.6 is 11.3 Å². The molecule has 2 heterocycles. The molecule has 69 heavy (non-hydrogen) atoms. The van der Waals surface area contributed by atoms with Crippen molar-refractivity contribution in [2.24, 2.45) is 0 Å². The highest BCUT2D eigenvalue weighted by Crippen LogP contribution is 2.44. The monoisotopic (exact) mass is 896 g/mol. The zero-order valence-corrected chi connectivity index (χ0v) is 38.5. The van der Waals surface area contributed by atoms with E-state index < -0.39 is 0 Å². The van der Waals surface area contributed by atoms with E-state index >= 15 is 0 Å². The van der Waals surface area contributed by atoms with E-state index in [2.05, 4.69) is 276 Å². The molecule has 0 aliphatic heterocycles. The predicted molar refractivity (Wildman–Crippen MR) is 296 cm³/mol. The van der Waals surface area contributed by atoms with Crippen molar-refractivity contribution in [1.29, 1.82) is 0 Å². The van der Waals surface area contributed by atoms with Crippen LogP contribution in [0.25, 0.3) is 103 Å². The van der Waals surface area contributed by atoms with Crippen molar-refractivity contribution in [3.8, 4) is 61.3 Å². The summed E-state index contributed by atoms with van der Waals surface area (Å²) in [6.07, 6.45) is 0. The molecule has 13 aromatic rings. The maximum Gasteiger partial charge on any atom is 0.0547 e. The second-order valence-electron chi connectivity index (χ2n) is 17.7. The molecule has 2 nitrogen and oxygen atoms in total. The van der Waals surface area contributed by atoms with Gasteiger partial charge in [0.2, 0.25) is 0 Å². The Hall–Kier alpha value is -8.76. The minimum atomic E-state index is 1.09. The minimum absolute atomic E-state index is 1.09. The smallest absolute Gasteiger partial charge is 0.0547 e. The number of para-hydroxylation sites is 2. The fourth-order valence-electron chi connectivity index (χ4n) is 10.2. The molecule has 0 atom stereocenters. The SMILES string of the molecule is c1ccc(-c2ccc(-c3cc(-c4ccc5c6ccccc6n(-c6ccccc6)c5c4)ccc3-c3cccc(N(c4ccc(-c5ccccc5)cc4)c4ccc5sc6ccccc6c5c4)c3)cc2)cc1. The van der Waals surface area contributed by atoms with Crippen molar-refractivity contribution in [3.05, 3.63) is 267 Å². The van der Waals surface area contributed by atoms with Crippen molar-refractivity contribution in [2.45, 2.75) is 0 Å². The van der Waals surface area contributed by atoms with E-state index in [4.69, 9.17) is 0 Å². The molecule has 0 amide bonds. The van der Waals surface area contributed by atoms with Crippen molar-refractivity contribution in [1.82, 2.24) is 4.57 Å². The second kappa shape index (κ2) is 17.2. The summed E-state index contributed by atoms with van der Waals surface area (Å²) in [6, 6.07) is 97.5. The van der Waals surface area contributed by atoms with E-state index in [0.29, 0.717) is 0 Å².